The van der Waals surface area contributed by atoms with Gasteiger partial charge < -0.3 is 0 Å². The molecule has 0 bridgehead atoms. The van der Waals surface area contributed by atoms with E-state index >= 15 is 0 Å². The van der Waals surface area contributed by atoms with E-state index in [0.29, 0.717) is 0 Å². The predicted octanol–water partition coefficient (Wildman–Crippen LogP) is 3.61. The predicted molar refractivity (Wildman–Crippen MR) is 96.4 cm³/mol. The van der Waals surface area contributed by atoms with E-state index in [9.17, 15) is 14.4 Å². The van der Waals surface area contributed by atoms with Crippen molar-refractivity contribution in [2.24, 2.45) is 0 Å². The summed E-state index contributed by atoms with van der Waals surface area (Å²) >= 11 is 4.88. The summed E-state index contributed by atoms with van der Waals surface area (Å²) in [7, 11) is 2.73. The number of urea groups is 1. The monoisotopic (exact) mass is 404 g/mol. The lowest BCUT2D eigenvalue weighted by molar-refractivity contribution is -0.134. The van der Waals surface area contributed by atoms with Crippen LogP contribution < -0.4 is 0 Å². The summed E-state index contributed by atoms with van der Waals surface area (Å²) in [4.78, 5) is 39.8. The molecule has 1 aliphatic heterocycles. The molecule has 3 rings (SSSR count). The topological polar surface area (TPSA) is 57.7 Å². The van der Waals surface area contributed by atoms with Crippen molar-refractivity contribution in [1.82, 2.24) is 9.80 Å². The number of carbonyl (C=O) groups is 3. The molecule has 2 aromatic rings. The van der Waals surface area contributed by atoms with Crippen molar-refractivity contribution in [3.63, 3.8) is 0 Å². The van der Waals surface area contributed by atoms with Crippen LogP contribution in [0, 0.1) is 0 Å². The van der Waals surface area contributed by atoms with Crippen molar-refractivity contribution in [2.75, 3.05) is 14.1 Å². The molecule has 0 aliphatic carbocycles. The van der Waals surface area contributed by atoms with Crippen LogP contribution in [0.25, 0.3) is 16.5 Å². The molecule has 0 spiro atoms. The van der Waals surface area contributed by atoms with Crippen LogP contribution in [-0.4, -0.2) is 41.7 Å². The summed E-state index contributed by atoms with van der Waals surface area (Å²) < 4.78 is 0.999. The van der Waals surface area contributed by atoms with Gasteiger partial charge in [0.25, 0.3) is 11.8 Å². The Labute approximate surface area is 151 Å². The summed E-state index contributed by atoms with van der Waals surface area (Å²) in [6.07, 6.45) is 1.54. The summed E-state index contributed by atoms with van der Waals surface area (Å²) in [6, 6.07) is 11.1. The molecular formula is C17H13BrN2O3S. The number of hydrogen-bond donors (Lipinski definition) is 0. The average Bonchev–Trinajstić information content (AvgIpc) is 3.04. The molecule has 1 aliphatic rings. The van der Waals surface area contributed by atoms with Crippen LogP contribution in [-0.2, 0) is 9.59 Å². The van der Waals surface area contributed by atoms with Gasteiger partial charge in [-0.25, -0.2) is 4.79 Å². The second kappa shape index (κ2) is 6.33. The molecule has 0 atom stereocenters. The van der Waals surface area contributed by atoms with Crippen LogP contribution in [0.1, 0.15) is 4.88 Å². The van der Waals surface area contributed by atoms with E-state index in [0.717, 1.165) is 29.6 Å². The number of carbonyl (C=O) groups excluding carboxylic acids is 3. The third-order valence-corrected chi connectivity index (χ3v) is 5.30. The maximum absolute atomic E-state index is 12.2. The number of thiophene rings is 1. The summed E-state index contributed by atoms with van der Waals surface area (Å²) in [5.41, 5.74) is 1.04. The van der Waals surface area contributed by atoms with Crippen molar-refractivity contribution in [2.45, 2.75) is 0 Å². The van der Waals surface area contributed by atoms with Crippen LogP contribution in [0.3, 0.4) is 0 Å². The molecule has 122 valence electrons. The van der Waals surface area contributed by atoms with E-state index in [1.54, 1.807) is 0 Å². The third-order valence-electron chi connectivity index (χ3n) is 3.69. The van der Waals surface area contributed by atoms with Gasteiger partial charge in [-0.1, -0.05) is 28.1 Å². The summed E-state index contributed by atoms with van der Waals surface area (Å²) in [6.45, 7) is 0. The molecule has 0 radical (unpaired) electrons. The number of hydrogen-bond acceptors (Lipinski definition) is 4. The van der Waals surface area contributed by atoms with Crippen molar-refractivity contribution >= 4 is 51.2 Å². The molecule has 24 heavy (non-hydrogen) atoms. The van der Waals surface area contributed by atoms with Gasteiger partial charge in [-0.05, 0) is 35.9 Å². The molecule has 1 saturated heterocycles. The number of nitrogens with zero attached hydrogens (tertiary/aromatic N) is 2. The van der Waals surface area contributed by atoms with Crippen LogP contribution in [0.2, 0.25) is 0 Å². The Hall–Kier alpha value is -2.25. The maximum Gasteiger partial charge on any atom is 0.333 e. The largest absolute Gasteiger partial charge is 0.333 e. The quantitative estimate of drug-likeness (QED) is 0.567. The van der Waals surface area contributed by atoms with Crippen molar-refractivity contribution < 1.29 is 14.4 Å². The Morgan fingerprint density at radius 3 is 2.08 bits per heavy atom. The minimum atomic E-state index is -0.621. The number of imide groups is 2. The number of amides is 4. The van der Waals surface area contributed by atoms with Crippen LogP contribution >= 0.6 is 27.3 Å². The highest BCUT2D eigenvalue weighted by atomic mass is 79.9. The van der Waals surface area contributed by atoms with Crippen LogP contribution in [0.4, 0.5) is 4.79 Å². The smallest absolute Gasteiger partial charge is 0.268 e. The van der Waals surface area contributed by atoms with Gasteiger partial charge in [0.1, 0.15) is 5.57 Å². The fourth-order valence-electron chi connectivity index (χ4n) is 2.32. The Bertz CT molecular complexity index is 844. The lowest BCUT2D eigenvalue weighted by atomic mass is 10.1. The van der Waals surface area contributed by atoms with E-state index in [1.807, 2.05) is 36.4 Å². The first kappa shape index (κ1) is 16.6. The SMILES string of the molecule is CN1C(=O)C(=Cc2ccc(-c3ccc(Br)cc3)s2)C(=O)N(C)C1=O. The fourth-order valence-corrected chi connectivity index (χ4v) is 3.54. The van der Waals surface area contributed by atoms with Gasteiger partial charge in [-0.15, -0.1) is 11.3 Å². The second-order valence-electron chi connectivity index (χ2n) is 5.28. The summed E-state index contributed by atoms with van der Waals surface area (Å²) in [5.74, 6) is -1.16. The average molecular weight is 405 g/mol. The first-order chi connectivity index (χ1) is 11.4. The third kappa shape index (κ3) is 2.92. The molecule has 0 unspecified atom stereocenters. The van der Waals surface area contributed by atoms with E-state index in [4.69, 9.17) is 0 Å². The van der Waals surface area contributed by atoms with Crippen LogP contribution in [0.15, 0.2) is 46.4 Å². The normalized spacial score (nSPS) is 15.3. The lowest BCUT2D eigenvalue weighted by Crippen LogP contribution is -2.52. The Kier molecular flexibility index (Phi) is 4.38. The Morgan fingerprint density at radius 2 is 1.50 bits per heavy atom. The number of likely N-dealkylation sites (N-methyl/N-ethyl adjacent to an activating group) is 2. The number of halogens is 1. The fraction of sp³-hybridized carbons (Fsp3) is 0.118. The van der Waals surface area contributed by atoms with Crippen LogP contribution in [0.5, 0.6) is 0 Å². The molecule has 4 amide bonds. The Morgan fingerprint density at radius 1 is 0.917 bits per heavy atom. The highest BCUT2D eigenvalue weighted by Gasteiger charge is 2.37. The van der Waals surface area contributed by atoms with E-state index in [2.05, 4.69) is 15.9 Å². The van der Waals surface area contributed by atoms with Crippen molar-refractivity contribution in [3.05, 3.63) is 51.3 Å². The molecule has 2 heterocycles. The molecule has 7 heteroatoms. The first-order valence-electron chi connectivity index (χ1n) is 7.06. The van der Waals surface area contributed by atoms with Crippen molar-refractivity contribution in [3.8, 4) is 10.4 Å². The second-order valence-corrected chi connectivity index (χ2v) is 7.31. The highest BCUT2D eigenvalue weighted by Crippen LogP contribution is 2.31. The van der Waals surface area contributed by atoms with E-state index in [-0.39, 0.29) is 5.57 Å². The van der Waals surface area contributed by atoms with E-state index < -0.39 is 17.8 Å². The lowest BCUT2D eigenvalue weighted by Gasteiger charge is -2.28. The van der Waals surface area contributed by atoms with Gasteiger partial charge in [0.05, 0.1) is 0 Å². The maximum atomic E-state index is 12.2. The Balaban J connectivity index is 1.94. The van der Waals surface area contributed by atoms with Gasteiger partial charge >= 0.3 is 6.03 Å². The van der Waals surface area contributed by atoms with Gasteiger partial charge in [0.2, 0.25) is 0 Å². The number of benzene rings is 1. The molecule has 5 nitrogen and oxygen atoms in total. The molecule has 0 N–H and O–H groups in total. The zero-order valence-corrected chi connectivity index (χ0v) is 15.3. The minimum absolute atomic E-state index is 0.0104. The van der Waals surface area contributed by atoms with Gasteiger partial charge in [0.15, 0.2) is 0 Å². The molecule has 1 fully saturated rings. The molecular weight excluding hydrogens is 392 g/mol. The number of rotatable bonds is 2. The first-order valence-corrected chi connectivity index (χ1v) is 8.67. The zero-order chi connectivity index (χ0) is 17.4. The molecule has 0 saturated carbocycles. The van der Waals surface area contributed by atoms with Gasteiger partial charge in [-0.2, -0.15) is 0 Å². The summed E-state index contributed by atoms with van der Waals surface area (Å²) in [5, 5.41) is 0. The standard InChI is InChI=1S/C17H13BrN2O3S/c1-19-15(21)13(16(22)20(2)17(19)23)9-12-7-8-14(24-12)10-3-5-11(18)6-4-10/h3-9H,1-2H3. The van der Waals surface area contributed by atoms with Gasteiger partial charge in [-0.3, -0.25) is 19.4 Å². The molecule has 1 aromatic carbocycles. The molecule has 1 aromatic heterocycles. The van der Waals surface area contributed by atoms with E-state index in [1.165, 1.54) is 31.5 Å². The van der Waals surface area contributed by atoms with Crippen molar-refractivity contribution in [1.29, 1.82) is 0 Å². The minimum Gasteiger partial charge on any atom is -0.268 e. The number of barbiturate groups is 1. The highest BCUT2D eigenvalue weighted by molar-refractivity contribution is 9.10. The zero-order valence-electron chi connectivity index (χ0n) is 12.9. The van der Waals surface area contributed by atoms with Gasteiger partial charge in [0, 0.05) is 28.3 Å².